The number of β-amino-alcohol motifs (C(OH)–C–C–N with tert-alkyl or cyclic N) is 1. The van der Waals surface area contributed by atoms with Crippen LogP contribution in [0.3, 0.4) is 0 Å². The van der Waals surface area contributed by atoms with E-state index >= 15 is 0 Å². The number of aliphatic hydroxyl groups excluding tert-OH is 1. The molecule has 0 spiro atoms. The van der Waals surface area contributed by atoms with Crippen LogP contribution < -0.4 is 15.0 Å². The van der Waals surface area contributed by atoms with Crippen molar-refractivity contribution in [3.63, 3.8) is 0 Å². The summed E-state index contributed by atoms with van der Waals surface area (Å²) in [6.45, 7) is 7.99. The molecule has 4 saturated carbocycles. The second-order valence-corrected chi connectivity index (χ2v) is 17.1. The van der Waals surface area contributed by atoms with Gasteiger partial charge < -0.3 is 20.1 Å². The summed E-state index contributed by atoms with van der Waals surface area (Å²) in [4.78, 5) is 22.8. The van der Waals surface area contributed by atoms with Crippen LogP contribution in [-0.2, 0) is 4.79 Å². The fourth-order valence-electron chi connectivity index (χ4n) is 10.8. The number of ether oxygens (including phenoxy) is 1. The van der Waals surface area contributed by atoms with Crippen LogP contribution in [0, 0.1) is 30.1 Å². The lowest BCUT2D eigenvalue weighted by molar-refractivity contribution is -0.129. The molecule has 9 nitrogen and oxygen atoms in total. The standard InChI is InChI=1S/C45H60N6O3/c1-33-43(37-12-7-6-8-13-37)44-47-40(28-42(51(44)48-33)50-19-17-49(18-20-50)21-22-52)38-14-11-15-39(27-38)54-23-10-5-3-2-4-9-16-46-41(53)32-45-29-34-24-35(30-45)26-36(25-34)31-45/h6-8,11-15,27-28,34-36,52H,2-5,9-10,16-26,29-32H2,1H3,(H,46,53). The Morgan fingerprint density at radius 2 is 1.54 bits per heavy atom. The summed E-state index contributed by atoms with van der Waals surface area (Å²) < 4.78 is 8.29. The second kappa shape index (κ2) is 16.8. The fraction of sp³-hybridized carbons (Fsp3) is 0.578. The van der Waals surface area contributed by atoms with Gasteiger partial charge in [-0.05, 0) is 99.2 Å². The monoisotopic (exact) mass is 732 g/mol. The zero-order chi connectivity index (χ0) is 36.9. The number of aliphatic hydroxyl groups is 1. The molecule has 1 aliphatic heterocycles. The molecule has 2 aromatic carbocycles. The minimum absolute atomic E-state index is 0.184. The number of fused-ring (bicyclic) bond motifs is 1. The van der Waals surface area contributed by atoms with E-state index in [9.17, 15) is 9.90 Å². The molecule has 1 saturated heterocycles. The largest absolute Gasteiger partial charge is 0.494 e. The Bertz CT molecular complexity index is 1830. The van der Waals surface area contributed by atoms with Crippen molar-refractivity contribution in [1.82, 2.24) is 24.8 Å². The maximum atomic E-state index is 12.8. The van der Waals surface area contributed by atoms with E-state index in [1.165, 1.54) is 57.8 Å². The van der Waals surface area contributed by atoms with E-state index < -0.39 is 0 Å². The molecule has 4 aliphatic carbocycles. The van der Waals surface area contributed by atoms with E-state index in [1.54, 1.807) is 0 Å². The van der Waals surface area contributed by atoms with Gasteiger partial charge in [0.25, 0.3) is 0 Å². The molecule has 4 aromatic rings. The van der Waals surface area contributed by atoms with Gasteiger partial charge in [-0.15, -0.1) is 0 Å². The number of amides is 1. The summed E-state index contributed by atoms with van der Waals surface area (Å²) in [5, 5.41) is 17.8. The van der Waals surface area contributed by atoms with Gasteiger partial charge in [-0.25, -0.2) is 4.98 Å². The Morgan fingerprint density at radius 1 is 0.852 bits per heavy atom. The first-order chi connectivity index (χ1) is 26.4. The van der Waals surface area contributed by atoms with E-state index in [0.717, 1.165) is 121 Å². The number of aromatic nitrogens is 3. The van der Waals surface area contributed by atoms with Gasteiger partial charge in [0, 0.05) is 62.9 Å². The third-order valence-corrected chi connectivity index (χ3v) is 12.9. The maximum absolute atomic E-state index is 12.8. The third kappa shape index (κ3) is 8.47. The highest BCUT2D eigenvalue weighted by Crippen LogP contribution is 2.61. The fourth-order valence-corrected chi connectivity index (χ4v) is 10.8. The molecule has 2 N–H and O–H groups in total. The number of carbonyl (C=O) groups is 1. The molecule has 4 bridgehead atoms. The van der Waals surface area contributed by atoms with Gasteiger partial charge in [0.2, 0.25) is 5.91 Å². The van der Waals surface area contributed by atoms with Crippen LogP contribution in [0.15, 0.2) is 60.7 Å². The van der Waals surface area contributed by atoms with Crippen LogP contribution in [0.2, 0.25) is 0 Å². The lowest BCUT2D eigenvalue weighted by atomic mass is 9.49. The number of nitrogens with one attached hydrogen (secondary N) is 1. The van der Waals surface area contributed by atoms with Gasteiger partial charge in [0.1, 0.15) is 11.6 Å². The summed E-state index contributed by atoms with van der Waals surface area (Å²) in [6, 6.07) is 20.9. The molecular weight excluding hydrogens is 673 g/mol. The van der Waals surface area contributed by atoms with Crippen LogP contribution >= 0.6 is 0 Å². The number of piperazine rings is 1. The lowest BCUT2D eigenvalue weighted by Crippen LogP contribution is -2.48. The van der Waals surface area contributed by atoms with Crippen LogP contribution in [0.1, 0.15) is 89.2 Å². The van der Waals surface area contributed by atoms with Crippen molar-refractivity contribution in [3.05, 3.63) is 66.4 Å². The molecule has 9 rings (SSSR count). The Morgan fingerprint density at radius 3 is 2.26 bits per heavy atom. The van der Waals surface area contributed by atoms with Crippen molar-refractivity contribution in [2.24, 2.45) is 23.2 Å². The summed E-state index contributed by atoms with van der Waals surface area (Å²) in [5.41, 5.74) is 6.25. The zero-order valence-electron chi connectivity index (χ0n) is 32.4. The van der Waals surface area contributed by atoms with Gasteiger partial charge in [0.05, 0.1) is 24.6 Å². The van der Waals surface area contributed by atoms with Crippen molar-refractivity contribution in [1.29, 1.82) is 0 Å². The Hall–Kier alpha value is -3.95. The number of nitrogens with zero attached hydrogens (tertiary/aromatic N) is 5. The number of unbranched alkanes of at least 4 members (excludes halogenated alkanes) is 5. The minimum Gasteiger partial charge on any atom is -0.494 e. The molecule has 54 heavy (non-hydrogen) atoms. The Kier molecular flexibility index (Phi) is 11.5. The minimum atomic E-state index is 0.184. The molecule has 1 amide bonds. The molecule has 0 atom stereocenters. The zero-order valence-corrected chi connectivity index (χ0v) is 32.4. The summed E-state index contributed by atoms with van der Waals surface area (Å²) >= 11 is 0. The van der Waals surface area contributed by atoms with Crippen LogP contribution in [0.5, 0.6) is 5.75 Å². The van der Waals surface area contributed by atoms with E-state index in [1.807, 2.05) is 16.6 Å². The third-order valence-electron chi connectivity index (χ3n) is 12.9. The molecule has 3 heterocycles. The van der Waals surface area contributed by atoms with E-state index in [2.05, 4.69) is 70.6 Å². The van der Waals surface area contributed by atoms with Crippen molar-refractivity contribution >= 4 is 17.4 Å². The average molecular weight is 733 g/mol. The van der Waals surface area contributed by atoms with E-state index in [4.69, 9.17) is 14.8 Å². The predicted molar refractivity (Wildman–Crippen MR) is 216 cm³/mol. The van der Waals surface area contributed by atoms with Crippen LogP contribution in [0.25, 0.3) is 28.0 Å². The number of carbonyl (C=O) groups excluding carboxylic acids is 1. The SMILES string of the molecule is Cc1nn2c(N3CCN(CCO)CC3)cc(-c3cccc(OCCCCCCCCNC(=O)CC45CC6CC(CC(C6)C4)C5)c3)nc2c1-c1ccccc1. The maximum Gasteiger partial charge on any atom is 0.220 e. The number of anilines is 1. The number of hydrogen-bond acceptors (Lipinski definition) is 7. The highest BCUT2D eigenvalue weighted by Gasteiger charge is 2.51. The van der Waals surface area contributed by atoms with Crippen molar-refractivity contribution < 1.29 is 14.6 Å². The topological polar surface area (TPSA) is 95.2 Å². The smallest absolute Gasteiger partial charge is 0.220 e. The predicted octanol–water partition coefficient (Wildman–Crippen LogP) is 7.93. The number of rotatable bonds is 17. The Balaban J connectivity index is 0.819. The molecule has 0 unspecified atom stereocenters. The first-order valence-electron chi connectivity index (χ1n) is 21.0. The first kappa shape index (κ1) is 37.0. The van der Waals surface area contributed by atoms with E-state index in [0.29, 0.717) is 24.5 Å². The average Bonchev–Trinajstić information content (AvgIpc) is 3.51. The van der Waals surface area contributed by atoms with Crippen LogP contribution in [0.4, 0.5) is 5.82 Å². The highest BCUT2D eigenvalue weighted by atomic mass is 16.5. The summed E-state index contributed by atoms with van der Waals surface area (Å²) in [5.74, 6) is 4.93. The van der Waals surface area contributed by atoms with Crippen molar-refractivity contribution in [2.75, 3.05) is 57.4 Å². The molecule has 5 aliphatic rings. The van der Waals surface area contributed by atoms with Crippen molar-refractivity contribution in [2.45, 2.75) is 90.4 Å². The molecular formula is C45H60N6O3. The van der Waals surface area contributed by atoms with Gasteiger partial charge in [-0.2, -0.15) is 9.61 Å². The summed E-state index contributed by atoms with van der Waals surface area (Å²) in [6.07, 6.45) is 15.8. The lowest BCUT2D eigenvalue weighted by Gasteiger charge is -2.56. The van der Waals surface area contributed by atoms with E-state index in [-0.39, 0.29) is 6.61 Å². The molecule has 0 radical (unpaired) electrons. The quantitative estimate of drug-likeness (QED) is 0.107. The molecule has 2 aromatic heterocycles. The van der Waals surface area contributed by atoms with Gasteiger partial charge in [-0.1, -0.05) is 68.1 Å². The van der Waals surface area contributed by atoms with Crippen molar-refractivity contribution in [3.8, 4) is 28.1 Å². The Labute approximate surface area is 321 Å². The molecule has 5 fully saturated rings. The van der Waals surface area contributed by atoms with Crippen LogP contribution in [-0.4, -0.2) is 83.0 Å². The number of benzene rings is 2. The number of hydrogen-bond donors (Lipinski definition) is 2. The first-order valence-corrected chi connectivity index (χ1v) is 21.0. The normalized spacial score (nSPS) is 23.7. The number of aryl methyl sites for hydroxylation is 1. The molecule has 9 heteroatoms. The highest BCUT2D eigenvalue weighted by molar-refractivity contribution is 5.83. The van der Waals surface area contributed by atoms with Gasteiger partial charge in [0.15, 0.2) is 5.65 Å². The molecule has 288 valence electrons. The second-order valence-electron chi connectivity index (χ2n) is 17.1. The van der Waals surface area contributed by atoms with Gasteiger partial charge >= 0.3 is 0 Å². The summed E-state index contributed by atoms with van der Waals surface area (Å²) in [7, 11) is 0. The van der Waals surface area contributed by atoms with Gasteiger partial charge in [-0.3, -0.25) is 9.69 Å².